The van der Waals surface area contributed by atoms with E-state index in [4.69, 9.17) is 0 Å². The number of hydrogen-bond acceptors (Lipinski definition) is 0. The Hall–Kier alpha value is -0.740. The second-order valence-electron chi connectivity index (χ2n) is 6.78. The van der Waals surface area contributed by atoms with Gasteiger partial charge in [0.15, 0.2) is 0 Å². The minimum atomic E-state index is -9.13. The molecule has 0 heterocycles. The van der Waals surface area contributed by atoms with Crippen LogP contribution in [0.15, 0.2) is 0 Å². The van der Waals surface area contributed by atoms with Crippen molar-refractivity contribution < 1.29 is 92.2 Å². The van der Waals surface area contributed by atoms with E-state index >= 15 is 0 Å². The van der Waals surface area contributed by atoms with Gasteiger partial charge in [-0.3, -0.25) is 0 Å². The maximum Gasteiger partial charge on any atom is 0.460 e. The van der Waals surface area contributed by atoms with Gasteiger partial charge in [-0.2, -0.15) is 92.2 Å². The van der Waals surface area contributed by atoms with Crippen molar-refractivity contribution in [3.05, 3.63) is 0 Å². The van der Waals surface area contributed by atoms with E-state index < -0.39 is 69.8 Å². The molecule has 0 aromatic carbocycles. The van der Waals surface area contributed by atoms with Crippen LogP contribution in [-0.2, 0) is 0 Å². The zero-order valence-electron chi connectivity index (χ0n) is 15.6. The van der Waals surface area contributed by atoms with Crippen LogP contribution in [0.3, 0.4) is 0 Å². The molecule has 0 aromatic heterocycles. The first-order valence-electron chi connectivity index (χ1n) is 7.78. The highest BCUT2D eigenvalue weighted by Gasteiger charge is 2.97. The van der Waals surface area contributed by atoms with Gasteiger partial charge in [0.1, 0.15) is 0 Å². The van der Waals surface area contributed by atoms with Crippen LogP contribution >= 0.6 is 22.6 Å². The van der Waals surface area contributed by atoms with Gasteiger partial charge in [0.25, 0.3) is 0 Å². The standard InChI is InChI=1S/C13H6F21I/c1-3(35)2-4(14,15)5(16,17)6(18,19)7(20,21)8(22,23)9(24,25)10(26,27)11(28,29)12(30,31)13(32,33)34/h3H,2H2,1H3. The average molecular weight is 688 g/mol. The third kappa shape index (κ3) is 4.47. The molecule has 0 radical (unpaired) electrons. The van der Waals surface area contributed by atoms with Crippen molar-refractivity contribution in [1.29, 1.82) is 0 Å². The van der Waals surface area contributed by atoms with E-state index in [0.717, 1.165) is 22.6 Å². The van der Waals surface area contributed by atoms with Crippen LogP contribution in [0.2, 0.25) is 0 Å². The molecule has 0 fully saturated rings. The van der Waals surface area contributed by atoms with Crippen molar-refractivity contribution in [3.8, 4) is 0 Å². The predicted octanol–water partition coefficient (Wildman–Crippen LogP) is 8.48. The van der Waals surface area contributed by atoms with Gasteiger partial charge in [-0.25, -0.2) is 0 Å². The lowest BCUT2D eigenvalue weighted by molar-refractivity contribution is -0.474. The minimum Gasteiger partial charge on any atom is -0.200 e. The zero-order valence-corrected chi connectivity index (χ0v) is 17.8. The number of rotatable bonds is 10. The van der Waals surface area contributed by atoms with E-state index in [9.17, 15) is 92.2 Å². The molecule has 0 aromatic rings. The van der Waals surface area contributed by atoms with Crippen LogP contribution in [0, 0.1) is 0 Å². The Morgan fingerprint density at radius 3 is 0.800 bits per heavy atom. The number of hydrogen-bond donors (Lipinski definition) is 0. The zero-order chi connectivity index (χ0) is 29.3. The summed E-state index contributed by atoms with van der Waals surface area (Å²) >= 11 is 0.759. The molecule has 0 saturated heterocycles. The highest BCUT2D eigenvalue weighted by Crippen LogP contribution is 2.66. The Bertz CT molecular complexity index is 760. The minimum absolute atomic E-state index is 0.507. The molecule has 0 amide bonds. The first kappa shape index (κ1) is 34.3. The maximum absolute atomic E-state index is 13.5. The van der Waals surface area contributed by atoms with Crippen LogP contribution in [0.1, 0.15) is 13.3 Å². The summed E-state index contributed by atoms with van der Waals surface area (Å²) in [6.07, 6.45) is -10.6. The summed E-state index contributed by atoms with van der Waals surface area (Å²) in [5, 5.41) is 0. The summed E-state index contributed by atoms with van der Waals surface area (Å²) in [6, 6.07) is 0. The third-order valence-electron chi connectivity index (χ3n) is 4.11. The molecule has 0 aliphatic heterocycles. The summed E-state index contributed by atoms with van der Waals surface area (Å²) in [4.78, 5) is 0. The van der Waals surface area contributed by atoms with Crippen LogP contribution in [0.4, 0.5) is 92.2 Å². The van der Waals surface area contributed by atoms with E-state index in [1.807, 2.05) is 0 Å². The number of halogens is 22. The maximum atomic E-state index is 13.5. The molecule has 0 rings (SSSR count). The molecule has 212 valence electrons. The van der Waals surface area contributed by atoms with E-state index in [1.54, 1.807) is 0 Å². The summed E-state index contributed by atoms with van der Waals surface area (Å²) < 4.78 is 273. The van der Waals surface area contributed by atoms with Crippen LogP contribution in [-0.4, -0.2) is 63.4 Å². The molecule has 22 heteroatoms. The van der Waals surface area contributed by atoms with Crippen molar-refractivity contribution in [2.24, 2.45) is 0 Å². The predicted molar refractivity (Wildman–Crippen MR) is 78.7 cm³/mol. The van der Waals surface area contributed by atoms with Crippen molar-refractivity contribution in [3.63, 3.8) is 0 Å². The summed E-state index contributed by atoms with van der Waals surface area (Å²) in [6.45, 7) is 0.507. The third-order valence-corrected chi connectivity index (χ3v) is 4.55. The van der Waals surface area contributed by atoms with E-state index in [0.29, 0.717) is 6.92 Å². The van der Waals surface area contributed by atoms with Gasteiger partial charge >= 0.3 is 59.5 Å². The fourth-order valence-electron chi connectivity index (χ4n) is 2.07. The molecule has 0 nitrogen and oxygen atoms in total. The van der Waals surface area contributed by atoms with Gasteiger partial charge in [-0.05, 0) is 0 Å². The summed E-state index contributed by atoms with van der Waals surface area (Å²) in [5.41, 5.74) is 0. The smallest absolute Gasteiger partial charge is 0.200 e. The normalized spacial score (nSPS) is 17.6. The van der Waals surface area contributed by atoms with Gasteiger partial charge in [0, 0.05) is 10.3 Å². The number of alkyl halides is 22. The monoisotopic (exact) mass is 688 g/mol. The van der Waals surface area contributed by atoms with Gasteiger partial charge in [-0.15, -0.1) is 0 Å². The lowest BCUT2D eigenvalue weighted by Gasteiger charge is -2.44. The molecule has 0 aliphatic carbocycles. The Labute approximate surface area is 192 Å². The Morgan fingerprint density at radius 1 is 0.400 bits per heavy atom. The highest BCUT2D eigenvalue weighted by molar-refractivity contribution is 14.1. The van der Waals surface area contributed by atoms with Crippen molar-refractivity contribution in [1.82, 2.24) is 0 Å². The molecule has 0 saturated carbocycles. The van der Waals surface area contributed by atoms with Crippen molar-refractivity contribution >= 4 is 22.6 Å². The lowest BCUT2D eigenvalue weighted by atomic mass is 9.85. The summed E-state index contributed by atoms with van der Waals surface area (Å²) in [5.74, 6) is -76.3. The van der Waals surface area contributed by atoms with Gasteiger partial charge < -0.3 is 0 Å². The second-order valence-corrected chi connectivity index (χ2v) is 8.91. The average Bonchev–Trinajstić information content (AvgIpc) is 2.58. The Balaban J connectivity index is 7.03. The molecule has 0 N–H and O–H groups in total. The molecular weight excluding hydrogens is 682 g/mol. The quantitative estimate of drug-likeness (QED) is 0.123. The SMILES string of the molecule is CC(I)CC(F)(F)C(F)(F)C(F)(F)C(F)(F)C(F)(F)C(F)(F)C(F)(F)C(F)(F)C(F)(F)C(F)(F)F. The van der Waals surface area contributed by atoms with Crippen molar-refractivity contribution in [2.75, 3.05) is 0 Å². The molecule has 1 unspecified atom stereocenters. The first-order chi connectivity index (χ1) is 14.7. The topological polar surface area (TPSA) is 0 Å². The van der Waals surface area contributed by atoms with Crippen molar-refractivity contribution in [2.45, 2.75) is 76.7 Å². The Kier molecular flexibility index (Phi) is 8.47. The van der Waals surface area contributed by atoms with E-state index in [-0.39, 0.29) is 0 Å². The molecule has 1 atom stereocenters. The fraction of sp³-hybridized carbons (Fsp3) is 1.00. The highest BCUT2D eigenvalue weighted by atomic mass is 127. The first-order valence-corrected chi connectivity index (χ1v) is 9.02. The van der Waals surface area contributed by atoms with E-state index in [2.05, 4.69) is 0 Å². The van der Waals surface area contributed by atoms with Gasteiger partial charge in [0.05, 0.1) is 0 Å². The van der Waals surface area contributed by atoms with Gasteiger partial charge in [0.2, 0.25) is 0 Å². The van der Waals surface area contributed by atoms with E-state index in [1.165, 1.54) is 0 Å². The second kappa shape index (κ2) is 8.65. The summed E-state index contributed by atoms with van der Waals surface area (Å²) in [7, 11) is 0. The fourth-order valence-corrected chi connectivity index (χ4v) is 2.63. The van der Waals surface area contributed by atoms with Crippen LogP contribution in [0.5, 0.6) is 0 Å². The van der Waals surface area contributed by atoms with Crippen LogP contribution < -0.4 is 0 Å². The molecular formula is C13H6F21I. The lowest BCUT2D eigenvalue weighted by Crippen LogP contribution is -2.76. The molecule has 0 bridgehead atoms. The van der Waals surface area contributed by atoms with Crippen LogP contribution in [0.25, 0.3) is 0 Å². The molecule has 0 spiro atoms. The van der Waals surface area contributed by atoms with Gasteiger partial charge in [-0.1, -0.05) is 29.5 Å². The largest absolute Gasteiger partial charge is 0.460 e. The Morgan fingerprint density at radius 2 is 0.600 bits per heavy atom. The molecule has 0 aliphatic rings. The molecule has 35 heavy (non-hydrogen) atoms.